The van der Waals surface area contributed by atoms with Crippen LogP contribution in [0.3, 0.4) is 0 Å². The van der Waals surface area contributed by atoms with Crippen LogP contribution in [-0.4, -0.2) is 4.40 Å². The number of pyridine rings is 1. The minimum absolute atomic E-state index is 0.238. The second-order valence-corrected chi connectivity index (χ2v) is 6.60. The van der Waals surface area contributed by atoms with Crippen molar-refractivity contribution < 1.29 is 9.67 Å². The van der Waals surface area contributed by atoms with Crippen LogP contribution in [0.25, 0.3) is 11.7 Å². The lowest BCUT2D eigenvalue weighted by molar-refractivity contribution is -0.708. The largest absolute Gasteiger partial charge is 0.842 e. The molecule has 0 saturated heterocycles. The lowest BCUT2D eigenvalue weighted by Gasteiger charge is -2.16. The van der Waals surface area contributed by atoms with E-state index in [-0.39, 0.29) is 17.0 Å². The number of benzene rings is 2. The highest BCUT2D eigenvalue weighted by atomic mass is 16.3. The van der Waals surface area contributed by atoms with Gasteiger partial charge in [-0.25, -0.2) is 9.36 Å². The fourth-order valence-corrected chi connectivity index (χ4v) is 3.32. The summed E-state index contributed by atoms with van der Waals surface area (Å²) < 4.78 is 3.20. The van der Waals surface area contributed by atoms with Gasteiger partial charge in [0.2, 0.25) is 0 Å². The smallest absolute Gasteiger partial charge is 0.345 e. The third-order valence-electron chi connectivity index (χ3n) is 4.72. The summed E-state index contributed by atoms with van der Waals surface area (Å²) in [6.07, 6.45) is 5.95. The van der Waals surface area contributed by atoms with Gasteiger partial charge in [-0.2, -0.15) is 4.40 Å². The van der Waals surface area contributed by atoms with Gasteiger partial charge in [0.15, 0.2) is 0 Å². The molecule has 0 N–H and O–H groups in total. The predicted molar refractivity (Wildman–Crippen MR) is 108 cm³/mol. The van der Waals surface area contributed by atoms with Crippen LogP contribution in [0.2, 0.25) is 0 Å². The van der Waals surface area contributed by atoms with Gasteiger partial charge < -0.3 is 5.11 Å². The molecule has 4 rings (SSSR count). The molecule has 28 heavy (non-hydrogen) atoms. The Hall–Kier alpha value is -3.66. The molecule has 2 heterocycles. The molecule has 0 fully saturated rings. The van der Waals surface area contributed by atoms with Crippen molar-refractivity contribution in [2.24, 2.45) is 0 Å². The number of hydrogen-bond donors (Lipinski definition) is 0. The van der Waals surface area contributed by atoms with Crippen LogP contribution in [-0.2, 0) is 13.0 Å². The number of nitrogens with zero attached hydrogens (tertiary/aromatic N) is 2. The molecule has 0 atom stereocenters. The van der Waals surface area contributed by atoms with E-state index in [1.807, 2.05) is 78.9 Å². The molecule has 2 aromatic heterocycles. The lowest BCUT2D eigenvalue weighted by Crippen LogP contribution is -2.44. The summed E-state index contributed by atoms with van der Waals surface area (Å²) in [5, 5.41) is 13.2. The molecule has 0 aliphatic rings. The molecule has 0 radical (unpaired) electrons. The summed E-state index contributed by atoms with van der Waals surface area (Å²) in [6.45, 7) is 0.392. The van der Waals surface area contributed by atoms with Gasteiger partial charge in [0.25, 0.3) is 5.65 Å². The second-order valence-electron chi connectivity index (χ2n) is 6.60. The van der Waals surface area contributed by atoms with Crippen LogP contribution >= 0.6 is 0 Å². The van der Waals surface area contributed by atoms with Crippen LogP contribution in [0, 0.1) is 0 Å². The Kier molecular flexibility index (Phi) is 5.02. The lowest BCUT2D eigenvalue weighted by atomic mass is 10.1. The van der Waals surface area contributed by atoms with E-state index in [0.717, 1.165) is 11.1 Å². The first kappa shape index (κ1) is 17.7. The molecular formula is C24H20N2O2. The molecule has 0 amide bonds. The van der Waals surface area contributed by atoms with E-state index in [1.54, 1.807) is 27.3 Å². The Morgan fingerprint density at radius 3 is 2.32 bits per heavy atom. The van der Waals surface area contributed by atoms with E-state index >= 15 is 0 Å². The normalized spacial score (nSPS) is 11.3. The van der Waals surface area contributed by atoms with Crippen LogP contribution in [0.4, 0.5) is 0 Å². The Morgan fingerprint density at radius 2 is 1.57 bits per heavy atom. The van der Waals surface area contributed by atoms with Gasteiger partial charge in [-0.1, -0.05) is 72.8 Å². The maximum Gasteiger partial charge on any atom is 0.345 e. The molecule has 4 heteroatoms. The van der Waals surface area contributed by atoms with Crippen molar-refractivity contribution in [2.75, 3.05) is 0 Å². The standard InChI is InChI=1S/C24H20N2O2/c27-23-21(18-20-12-5-2-6-13-20)24(28)26(22-15-7-8-16-25(22)23)17-9-14-19-10-3-1-4-11-19/h1-16H,17-18H2. The van der Waals surface area contributed by atoms with E-state index in [1.165, 1.54) is 0 Å². The van der Waals surface area contributed by atoms with Crippen LogP contribution in [0.5, 0.6) is 5.88 Å². The van der Waals surface area contributed by atoms with E-state index in [2.05, 4.69) is 0 Å². The zero-order chi connectivity index (χ0) is 19.3. The molecular weight excluding hydrogens is 348 g/mol. The molecule has 138 valence electrons. The third kappa shape index (κ3) is 3.58. The zero-order valence-electron chi connectivity index (χ0n) is 15.4. The first-order valence-corrected chi connectivity index (χ1v) is 9.22. The molecule has 0 saturated carbocycles. The highest BCUT2D eigenvalue weighted by Crippen LogP contribution is 2.13. The van der Waals surface area contributed by atoms with Crippen molar-refractivity contribution in [3.63, 3.8) is 0 Å². The molecule has 4 aromatic rings. The van der Waals surface area contributed by atoms with E-state index in [0.29, 0.717) is 18.6 Å². The number of fused-ring (bicyclic) bond motifs is 1. The van der Waals surface area contributed by atoms with E-state index in [9.17, 15) is 9.90 Å². The zero-order valence-corrected chi connectivity index (χ0v) is 15.4. The highest BCUT2D eigenvalue weighted by molar-refractivity contribution is 5.48. The Morgan fingerprint density at radius 1 is 0.893 bits per heavy atom. The van der Waals surface area contributed by atoms with Crippen molar-refractivity contribution in [2.45, 2.75) is 13.0 Å². The average molecular weight is 368 g/mol. The summed E-state index contributed by atoms with van der Waals surface area (Å²) in [6, 6.07) is 25.0. The van der Waals surface area contributed by atoms with Gasteiger partial charge in [-0.3, -0.25) is 0 Å². The van der Waals surface area contributed by atoms with E-state index in [4.69, 9.17) is 0 Å². The van der Waals surface area contributed by atoms with Gasteiger partial charge in [-0.15, -0.1) is 0 Å². The van der Waals surface area contributed by atoms with Gasteiger partial charge >= 0.3 is 5.56 Å². The molecule has 0 aliphatic carbocycles. The number of aromatic nitrogens is 2. The van der Waals surface area contributed by atoms with Gasteiger partial charge in [0.05, 0.1) is 17.6 Å². The quantitative estimate of drug-likeness (QED) is 0.509. The topological polar surface area (TPSA) is 48.4 Å². The van der Waals surface area contributed by atoms with Crippen molar-refractivity contribution in [3.05, 3.63) is 118 Å². The molecule has 0 aliphatic heterocycles. The average Bonchev–Trinajstić information content (AvgIpc) is 2.75. The summed E-state index contributed by atoms with van der Waals surface area (Å²) in [7, 11) is 0. The molecule has 4 nitrogen and oxygen atoms in total. The minimum atomic E-state index is -0.257. The van der Waals surface area contributed by atoms with Crippen LogP contribution in [0.15, 0.2) is 95.9 Å². The van der Waals surface area contributed by atoms with Gasteiger partial charge in [0, 0.05) is 12.5 Å². The Balaban J connectivity index is 1.78. The second kappa shape index (κ2) is 7.92. The fraction of sp³-hybridized carbons (Fsp3) is 0.0833. The first-order valence-electron chi connectivity index (χ1n) is 9.22. The Bertz CT molecular complexity index is 1180. The van der Waals surface area contributed by atoms with Crippen LogP contribution < -0.4 is 15.2 Å². The summed E-state index contributed by atoms with van der Waals surface area (Å²) in [4.78, 5) is 12.9. The molecule has 0 spiro atoms. The number of allylic oxidation sites excluding steroid dienone is 1. The molecule has 2 aromatic carbocycles. The maximum absolute atomic E-state index is 13.2. The summed E-state index contributed by atoms with van der Waals surface area (Å²) in [5.41, 5.74) is 2.62. The number of rotatable bonds is 5. The maximum atomic E-state index is 13.2. The monoisotopic (exact) mass is 368 g/mol. The summed E-state index contributed by atoms with van der Waals surface area (Å²) >= 11 is 0. The molecule has 0 unspecified atom stereocenters. The van der Waals surface area contributed by atoms with Crippen molar-refractivity contribution >= 4 is 11.7 Å². The van der Waals surface area contributed by atoms with Crippen LogP contribution in [0.1, 0.15) is 16.7 Å². The first-order chi connectivity index (χ1) is 13.7. The summed E-state index contributed by atoms with van der Waals surface area (Å²) in [5.74, 6) is -0.238. The van der Waals surface area contributed by atoms with Crippen molar-refractivity contribution in [1.82, 2.24) is 4.40 Å². The van der Waals surface area contributed by atoms with Gasteiger partial charge in [0.1, 0.15) is 6.54 Å². The third-order valence-corrected chi connectivity index (χ3v) is 4.72. The number of hydrogen-bond acceptors (Lipinski definition) is 2. The van der Waals surface area contributed by atoms with Crippen molar-refractivity contribution in [3.8, 4) is 5.88 Å². The van der Waals surface area contributed by atoms with Crippen molar-refractivity contribution in [1.29, 1.82) is 0 Å². The molecule has 0 bridgehead atoms. The predicted octanol–water partition coefficient (Wildman–Crippen LogP) is 2.96. The van der Waals surface area contributed by atoms with E-state index < -0.39 is 0 Å². The fourth-order valence-electron chi connectivity index (χ4n) is 3.32. The highest BCUT2D eigenvalue weighted by Gasteiger charge is 2.17. The van der Waals surface area contributed by atoms with Gasteiger partial charge in [-0.05, 0) is 23.3 Å². The Labute approximate surface area is 163 Å². The minimum Gasteiger partial charge on any atom is -0.842 e. The SMILES string of the molecule is O=c1c(Cc2ccccc2)c([O-])[n+](CC=Cc2ccccc2)c2ccccn12.